The Morgan fingerprint density at radius 2 is 1.36 bits per heavy atom. The molecule has 114 valence electrons. The molecule has 1 aliphatic rings. The van der Waals surface area contributed by atoms with Crippen LogP contribution in [-0.2, 0) is 10.8 Å². The monoisotopic (exact) mass is 292 g/mol. The van der Waals surface area contributed by atoms with Crippen LogP contribution in [0.15, 0.2) is 53.3 Å². The summed E-state index contributed by atoms with van der Waals surface area (Å²) in [5.74, 6) is 0. The Hall–Kier alpha value is -1.89. The van der Waals surface area contributed by atoms with Gasteiger partial charge in [0.1, 0.15) is 0 Å². The minimum atomic E-state index is 0.0469. The molecule has 0 aliphatic heterocycles. The van der Waals surface area contributed by atoms with Crippen molar-refractivity contribution < 1.29 is 0 Å². The second kappa shape index (κ2) is 5.08. The van der Waals surface area contributed by atoms with Crippen LogP contribution >= 0.6 is 0 Å². The molecule has 0 atom stereocenters. The second-order valence-corrected chi connectivity index (χ2v) is 7.74. The highest BCUT2D eigenvalue weighted by molar-refractivity contribution is 5.66. The van der Waals surface area contributed by atoms with Crippen molar-refractivity contribution in [2.75, 3.05) is 0 Å². The molecular weight excluding hydrogens is 268 g/mol. The smallest absolute Gasteiger partial charge is 0.178 e. The second-order valence-electron chi connectivity index (χ2n) is 7.74. The number of fused-ring (bicyclic) bond motifs is 1. The predicted molar refractivity (Wildman–Crippen MR) is 93.4 cm³/mol. The maximum absolute atomic E-state index is 11.5. The molecule has 2 aromatic carbocycles. The highest BCUT2D eigenvalue weighted by Crippen LogP contribution is 2.46. The van der Waals surface area contributed by atoms with Gasteiger partial charge in [0.2, 0.25) is 0 Å². The fourth-order valence-electron chi connectivity index (χ4n) is 3.49. The van der Waals surface area contributed by atoms with Crippen LogP contribution in [0.1, 0.15) is 51.7 Å². The molecule has 0 unspecified atom stereocenters. The summed E-state index contributed by atoms with van der Waals surface area (Å²) < 4.78 is 0. The van der Waals surface area contributed by atoms with Gasteiger partial charge in [0.05, 0.1) is 0 Å². The van der Waals surface area contributed by atoms with Crippen LogP contribution < -0.4 is 5.43 Å². The molecule has 3 rings (SSSR count). The molecule has 0 radical (unpaired) electrons. The summed E-state index contributed by atoms with van der Waals surface area (Å²) >= 11 is 0. The van der Waals surface area contributed by atoms with Crippen molar-refractivity contribution in [2.24, 2.45) is 0 Å². The summed E-state index contributed by atoms with van der Waals surface area (Å²) in [7, 11) is 0. The molecule has 0 fully saturated rings. The lowest BCUT2D eigenvalue weighted by molar-refractivity contribution is 0.332. The van der Waals surface area contributed by atoms with Gasteiger partial charge in [-0.3, -0.25) is 4.79 Å². The molecule has 0 bridgehead atoms. The van der Waals surface area contributed by atoms with E-state index in [-0.39, 0.29) is 16.3 Å². The molecule has 2 aromatic rings. The van der Waals surface area contributed by atoms with Gasteiger partial charge in [0, 0.05) is 0 Å². The molecule has 0 amide bonds. The summed E-state index contributed by atoms with van der Waals surface area (Å²) in [5.41, 5.74) is 5.72. The fraction of sp³-hybridized carbons (Fsp3) is 0.381. The minimum Gasteiger partial charge on any atom is -0.290 e. The first-order valence-corrected chi connectivity index (χ1v) is 8.05. The zero-order valence-electron chi connectivity index (χ0n) is 13.9. The highest BCUT2D eigenvalue weighted by Gasteiger charge is 2.36. The maximum atomic E-state index is 11.5. The van der Waals surface area contributed by atoms with E-state index in [1.54, 1.807) is 12.1 Å². The SMILES string of the molecule is CC1(C)CCC(C)(C)c2cc(-c3cccc(=O)cc3)ccc21. The standard InChI is InChI=1S/C21H24O/c1-20(2)12-13-21(3,4)19-14-16(9-11-18(19)20)15-6-5-7-17(22)10-8-15/h5-11,14H,12-13H2,1-4H3. The van der Waals surface area contributed by atoms with Crippen molar-refractivity contribution >= 4 is 0 Å². The van der Waals surface area contributed by atoms with E-state index in [0.717, 1.165) is 5.56 Å². The van der Waals surface area contributed by atoms with E-state index < -0.39 is 0 Å². The lowest BCUT2D eigenvalue weighted by Gasteiger charge is -2.42. The van der Waals surface area contributed by atoms with Crippen LogP contribution in [0.4, 0.5) is 0 Å². The van der Waals surface area contributed by atoms with Gasteiger partial charge < -0.3 is 0 Å². The fourth-order valence-corrected chi connectivity index (χ4v) is 3.49. The van der Waals surface area contributed by atoms with Crippen molar-refractivity contribution in [3.8, 4) is 11.1 Å². The Morgan fingerprint density at radius 3 is 2.09 bits per heavy atom. The first-order valence-electron chi connectivity index (χ1n) is 8.05. The van der Waals surface area contributed by atoms with Crippen LogP contribution in [0.25, 0.3) is 11.1 Å². The average Bonchev–Trinajstić information content (AvgIpc) is 2.68. The van der Waals surface area contributed by atoms with E-state index in [1.807, 2.05) is 18.2 Å². The van der Waals surface area contributed by atoms with Crippen molar-refractivity contribution in [3.05, 3.63) is 69.9 Å². The lowest BCUT2D eigenvalue weighted by Crippen LogP contribution is -2.33. The minimum absolute atomic E-state index is 0.0469. The van der Waals surface area contributed by atoms with E-state index in [4.69, 9.17) is 0 Å². The van der Waals surface area contributed by atoms with E-state index in [2.05, 4.69) is 45.9 Å². The number of rotatable bonds is 1. The summed E-state index contributed by atoms with van der Waals surface area (Å²) in [6, 6.07) is 15.8. The average molecular weight is 292 g/mol. The normalized spacial score (nSPS) is 18.5. The van der Waals surface area contributed by atoms with Gasteiger partial charge in [-0.25, -0.2) is 0 Å². The van der Waals surface area contributed by atoms with Crippen molar-refractivity contribution in [1.29, 1.82) is 0 Å². The Kier molecular flexibility index (Phi) is 3.47. The van der Waals surface area contributed by atoms with Gasteiger partial charge in [0.25, 0.3) is 0 Å². The van der Waals surface area contributed by atoms with Crippen LogP contribution in [-0.4, -0.2) is 0 Å². The van der Waals surface area contributed by atoms with Crippen LogP contribution in [0, 0.1) is 0 Å². The number of benzene rings is 1. The quantitative estimate of drug-likeness (QED) is 0.717. The first-order chi connectivity index (χ1) is 10.3. The van der Waals surface area contributed by atoms with Gasteiger partial charge >= 0.3 is 0 Å². The van der Waals surface area contributed by atoms with Crippen LogP contribution in [0.3, 0.4) is 0 Å². The largest absolute Gasteiger partial charge is 0.290 e. The lowest BCUT2D eigenvalue weighted by atomic mass is 9.63. The maximum Gasteiger partial charge on any atom is 0.178 e. The molecular formula is C21H24O. The molecule has 1 heteroatoms. The van der Waals surface area contributed by atoms with Gasteiger partial charge in [-0.15, -0.1) is 0 Å². The Balaban J connectivity index is 2.18. The summed E-state index contributed by atoms with van der Waals surface area (Å²) in [5, 5.41) is 0. The van der Waals surface area contributed by atoms with E-state index in [9.17, 15) is 4.79 Å². The zero-order chi connectivity index (χ0) is 16.0. The van der Waals surface area contributed by atoms with E-state index >= 15 is 0 Å². The third-order valence-corrected chi connectivity index (χ3v) is 5.15. The topological polar surface area (TPSA) is 17.1 Å². The third-order valence-electron chi connectivity index (χ3n) is 5.15. The third kappa shape index (κ3) is 2.61. The highest BCUT2D eigenvalue weighted by atomic mass is 16.1. The molecule has 1 nitrogen and oxygen atoms in total. The molecule has 0 saturated heterocycles. The van der Waals surface area contributed by atoms with Crippen molar-refractivity contribution in [2.45, 2.75) is 51.4 Å². The van der Waals surface area contributed by atoms with E-state index in [0.29, 0.717) is 0 Å². The zero-order valence-corrected chi connectivity index (χ0v) is 13.9. The Bertz CT molecular complexity index is 769. The number of hydrogen-bond acceptors (Lipinski definition) is 1. The number of hydrogen-bond donors (Lipinski definition) is 0. The first kappa shape index (κ1) is 15.0. The molecule has 0 aromatic heterocycles. The van der Waals surface area contributed by atoms with E-state index in [1.165, 1.54) is 29.5 Å². The van der Waals surface area contributed by atoms with Gasteiger partial charge in [-0.2, -0.15) is 0 Å². The predicted octanol–water partition coefficient (Wildman–Crippen LogP) is 5.06. The molecule has 0 spiro atoms. The van der Waals surface area contributed by atoms with Crippen LogP contribution in [0.2, 0.25) is 0 Å². The summed E-state index contributed by atoms with van der Waals surface area (Å²) in [6.45, 7) is 9.36. The van der Waals surface area contributed by atoms with Crippen LogP contribution in [0.5, 0.6) is 0 Å². The summed E-state index contributed by atoms with van der Waals surface area (Å²) in [4.78, 5) is 11.5. The molecule has 0 saturated carbocycles. The van der Waals surface area contributed by atoms with Crippen molar-refractivity contribution in [1.82, 2.24) is 0 Å². The van der Waals surface area contributed by atoms with Gasteiger partial charge in [0.15, 0.2) is 5.43 Å². The molecule has 0 N–H and O–H groups in total. The summed E-state index contributed by atoms with van der Waals surface area (Å²) in [6.07, 6.45) is 2.44. The molecule has 0 heterocycles. The van der Waals surface area contributed by atoms with Gasteiger partial charge in [-0.1, -0.05) is 64.1 Å². The molecule has 22 heavy (non-hydrogen) atoms. The van der Waals surface area contributed by atoms with Crippen molar-refractivity contribution in [3.63, 3.8) is 0 Å². The van der Waals surface area contributed by atoms with Gasteiger partial charge in [-0.05, 0) is 58.1 Å². The Labute approximate surface area is 133 Å². The molecule has 1 aliphatic carbocycles. The Morgan fingerprint density at radius 1 is 0.727 bits per heavy atom.